The van der Waals surface area contributed by atoms with Crippen molar-refractivity contribution in [2.24, 2.45) is 0 Å². The van der Waals surface area contributed by atoms with E-state index < -0.39 is 0 Å². The van der Waals surface area contributed by atoms with E-state index >= 15 is 0 Å². The molecule has 6 nitrogen and oxygen atoms in total. The van der Waals surface area contributed by atoms with Gasteiger partial charge >= 0.3 is 0 Å². The number of pyridine rings is 1. The minimum Gasteiger partial charge on any atom is -0.348 e. The summed E-state index contributed by atoms with van der Waals surface area (Å²) in [4.78, 5) is 31.3. The zero-order valence-electron chi connectivity index (χ0n) is 19.3. The molecule has 0 radical (unpaired) electrons. The second kappa shape index (κ2) is 9.61. The van der Waals surface area contributed by atoms with Gasteiger partial charge in [-0.05, 0) is 48.6 Å². The van der Waals surface area contributed by atoms with Gasteiger partial charge in [0.1, 0.15) is 11.3 Å². The van der Waals surface area contributed by atoms with Crippen LogP contribution in [0.25, 0.3) is 16.8 Å². The monoisotopic (exact) mass is 452 g/mol. The summed E-state index contributed by atoms with van der Waals surface area (Å²) in [6, 6.07) is 22.1. The number of benzene rings is 2. The highest BCUT2D eigenvalue weighted by atomic mass is 16.2. The van der Waals surface area contributed by atoms with E-state index in [1.54, 1.807) is 13.1 Å². The molecule has 34 heavy (non-hydrogen) atoms. The molecule has 4 aromatic rings. The number of amides is 1. The van der Waals surface area contributed by atoms with Crippen molar-refractivity contribution < 1.29 is 9.59 Å². The largest absolute Gasteiger partial charge is 0.348 e. The molecule has 0 saturated carbocycles. The fraction of sp³-hybridized carbons (Fsp3) is 0.250. The molecule has 1 amide bonds. The van der Waals surface area contributed by atoms with Crippen molar-refractivity contribution >= 4 is 17.3 Å². The lowest BCUT2D eigenvalue weighted by Crippen LogP contribution is -2.44. The van der Waals surface area contributed by atoms with Crippen molar-refractivity contribution in [1.29, 1.82) is 0 Å². The lowest BCUT2D eigenvalue weighted by atomic mass is 10.0. The topological polar surface area (TPSA) is 66.7 Å². The van der Waals surface area contributed by atoms with Gasteiger partial charge in [-0.2, -0.15) is 0 Å². The van der Waals surface area contributed by atoms with Gasteiger partial charge in [0.05, 0.1) is 0 Å². The molecule has 172 valence electrons. The van der Waals surface area contributed by atoms with Crippen LogP contribution in [0.5, 0.6) is 0 Å². The predicted molar refractivity (Wildman–Crippen MR) is 133 cm³/mol. The third-order valence-corrected chi connectivity index (χ3v) is 6.48. The van der Waals surface area contributed by atoms with E-state index in [0.717, 1.165) is 49.2 Å². The number of rotatable bonds is 6. The number of Topliss-reactive ketones (excluding diaryl/α,β-unsaturated/α-hetero) is 1. The number of fused-ring (bicyclic) bond motifs is 1. The maximum atomic E-state index is 12.9. The van der Waals surface area contributed by atoms with Gasteiger partial charge in [-0.3, -0.25) is 14.5 Å². The average molecular weight is 453 g/mol. The van der Waals surface area contributed by atoms with E-state index in [4.69, 9.17) is 0 Å². The summed E-state index contributed by atoms with van der Waals surface area (Å²) in [6.45, 7) is 4.45. The number of imidazole rings is 1. The number of nitrogens with zero attached hydrogens (tertiary/aromatic N) is 3. The molecule has 0 spiro atoms. The maximum absolute atomic E-state index is 12.9. The van der Waals surface area contributed by atoms with Crippen LogP contribution in [0, 0.1) is 0 Å². The van der Waals surface area contributed by atoms with Gasteiger partial charge in [0.2, 0.25) is 0 Å². The number of likely N-dealkylation sites (tertiary alicyclic amines) is 1. The van der Waals surface area contributed by atoms with Gasteiger partial charge in [-0.25, -0.2) is 4.98 Å². The average Bonchev–Trinajstić information content (AvgIpc) is 3.30. The van der Waals surface area contributed by atoms with Crippen LogP contribution >= 0.6 is 0 Å². The van der Waals surface area contributed by atoms with E-state index in [-0.39, 0.29) is 17.7 Å². The molecule has 3 heterocycles. The zero-order chi connectivity index (χ0) is 23.5. The van der Waals surface area contributed by atoms with Crippen molar-refractivity contribution in [1.82, 2.24) is 19.6 Å². The molecule has 1 aliphatic heterocycles. The number of hydrogen-bond acceptors (Lipinski definition) is 4. The minimum atomic E-state index is -0.127. The van der Waals surface area contributed by atoms with Crippen LogP contribution in [0.4, 0.5) is 0 Å². The van der Waals surface area contributed by atoms with E-state index in [2.05, 4.69) is 39.5 Å². The summed E-state index contributed by atoms with van der Waals surface area (Å²) in [5.41, 5.74) is 5.18. The number of ketones is 1. The Bertz CT molecular complexity index is 1300. The van der Waals surface area contributed by atoms with Gasteiger partial charge in [0, 0.05) is 43.6 Å². The Morgan fingerprint density at radius 2 is 1.62 bits per heavy atom. The summed E-state index contributed by atoms with van der Waals surface area (Å²) in [7, 11) is 0. The second-order valence-electron chi connectivity index (χ2n) is 8.95. The number of aromatic nitrogens is 2. The van der Waals surface area contributed by atoms with Gasteiger partial charge in [-0.1, -0.05) is 54.6 Å². The normalized spacial score (nSPS) is 14.9. The van der Waals surface area contributed by atoms with E-state index in [9.17, 15) is 9.59 Å². The number of carbonyl (C=O) groups is 2. The van der Waals surface area contributed by atoms with E-state index in [0.29, 0.717) is 11.3 Å². The molecule has 6 heteroatoms. The van der Waals surface area contributed by atoms with Crippen molar-refractivity contribution in [3.8, 4) is 11.1 Å². The summed E-state index contributed by atoms with van der Waals surface area (Å²) in [6.07, 6.45) is 5.62. The standard InChI is InChI=1S/C28H28N4O2/c1-20(33)22-7-9-23(10-8-22)24-11-12-27-30-26(19-32(27)18-24)28(34)29-25-13-15-31(16-14-25)17-21-5-3-2-4-6-21/h2-12,18-19,25H,13-17H2,1H3,(H,29,34). The highest BCUT2D eigenvalue weighted by molar-refractivity contribution is 5.94. The first-order valence-electron chi connectivity index (χ1n) is 11.7. The first-order valence-corrected chi connectivity index (χ1v) is 11.7. The highest BCUT2D eigenvalue weighted by Gasteiger charge is 2.22. The number of carbonyl (C=O) groups excluding carboxylic acids is 2. The van der Waals surface area contributed by atoms with Crippen molar-refractivity contribution in [3.05, 3.63) is 95.9 Å². The van der Waals surface area contributed by atoms with Crippen molar-refractivity contribution in [3.63, 3.8) is 0 Å². The van der Waals surface area contributed by atoms with Crippen LogP contribution in [0.2, 0.25) is 0 Å². The molecular weight excluding hydrogens is 424 g/mol. The Balaban J connectivity index is 1.21. The molecule has 1 saturated heterocycles. The molecule has 0 aliphatic carbocycles. The van der Waals surface area contributed by atoms with E-state index in [1.165, 1.54) is 5.56 Å². The number of hydrogen-bond donors (Lipinski definition) is 1. The third kappa shape index (κ3) is 4.92. The molecule has 0 atom stereocenters. The molecule has 1 aliphatic rings. The third-order valence-electron chi connectivity index (χ3n) is 6.48. The first kappa shape index (κ1) is 22.0. The molecule has 0 bridgehead atoms. The Hall–Kier alpha value is -3.77. The molecule has 2 aromatic heterocycles. The molecular formula is C28H28N4O2. The predicted octanol–water partition coefficient (Wildman–Crippen LogP) is 4.60. The lowest BCUT2D eigenvalue weighted by molar-refractivity contribution is 0.0904. The fourth-order valence-electron chi connectivity index (χ4n) is 4.51. The van der Waals surface area contributed by atoms with E-state index in [1.807, 2.05) is 53.1 Å². The zero-order valence-corrected chi connectivity index (χ0v) is 19.3. The quantitative estimate of drug-likeness (QED) is 0.434. The van der Waals surface area contributed by atoms with Crippen LogP contribution < -0.4 is 5.32 Å². The van der Waals surface area contributed by atoms with Gasteiger partial charge in [-0.15, -0.1) is 0 Å². The SMILES string of the molecule is CC(=O)c1ccc(-c2ccc3nc(C(=O)NC4CCN(Cc5ccccc5)CC4)cn3c2)cc1. The first-order chi connectivity index (χ1) is 16.5. The summed E-state index contributed by atoms with van der Waals surface area (Å²) >= 11 is 0. The van der Waals surface area contributed by atoms with Crippen LogP contribution in [-0.2, 0) is 6.54 Å². The fourth-order valence-corrected chi connectivity index (χ4v) is 4.51. The molecule has 0 unspecified atom stereocenters. The number of nitrogens with one attached hydrogen (secondary N) is 1. The van der Waals surface area contributed by atoms with Gasteiger partial charge < -0.3 is 9.72 Å². The molecule has 1 fully saturated rings. The maximum Gasteiger partial charge on any atom is 0.271 e. The summed E-state index contributed by atoms with van der Waals surface area (Å²) < 4.78 is 1.88. The number of piperidine rings is 1. The van der Waals surface area contributed by atoms with Crippen LogP contribution in [0.3, 0.4) is 0 Å². The van der Waals surface area contributed by atoms with Gasteiger partial charge in [0.15, 0.2) is 5.78 Å². The Kier molecular flexibility index (Phi) is 6.23. The lowest BCUT2D eigenvalue weighted by Gasteiger charge is -2.32. The summed E-state index contributed by atoms with van der Waals surface area (Å²) in [5.74, 6) is -0.0771. The minimum absolute atomic E-state index is 0.0501. The Morgan fingerprint density at radius 3 is 2.32 bits per heavy atom. The second-order valence-corrected chi connectivity index (χ2v) is 8.95. The van der Waals surface area contributed by atoms with Crippen LogP contribution in [0.15, 0.2) is 79.1 Å². The highest BCUT2D eigenvalue weighted by Crippen LogP contribution is 2.21. The molecule has 5 rings (SSSR count). The van der Waals surface area contributed by atoms with Gasteiger partial charge in [0.25, 0.3) is 5.91 Å². The molecule has 2 aromatic carbocycles. The van der Waals surface area contributed by atoms with Crippen LogP contribution in [0.1, 0.15) is 46.2 Å². The Morgan fingerprint density at radius 1 is 0.912 bits per heavy atom. The Labute approximate surface area is 199 Å². The van der Waals surface area contributed by atoms with Crippen LogP contribution in [-0.4, -0.2) is 45.1 Å². The van der Waals surface area contributed by atoms with Crippen molar-refractivity contribution in [2.45, 2.75) is 32.4 Å². The smallest absolute Gasteiger partial charge is 0.271 e. The van der Waals surface area contributed by atoms with Crippen molar-refractivity contribution in [2.75, 3.05) is 13.1 Å². The molecule has 1 N–H and O–H groups in total. The summed E-state index contributed by atoms with van der Waals surface area (Å²) in [5, 5.41) is 3.17.